The first-order chi connectivity index (χ1) is 20.9. The average Bonchev–Trinajstić information content (AvgIpc) is 2.95. The summed E-state index contributed by atoms with van der Waals surface area (Å²) in [6.07, 6.45) is -10.1. The number of nitrogens with zero attached hydrogens (tertiary/aromatic N) is 3. The van der Waals surface area contributed by atoms with Crippen LogP contribution in [0, 0.1) is 5.82 Å². The summed E-state index contributed by atoms with van der Waals surface area (Å²) in [7, 11) is -2.45. The van der Waals surface area contributed by atoms with Crippen molar-refractivity contribution in [2.24, 2.45) is 0 Å². The number of halogens is 1. The van der Waals surface area contributed by atoms with E-state index in [0.717, 1.165) is 10.6 Å². The molecule has 17 heteroatoms. The number of carbonyl (C=O) groups is 2. The third kappa shape index (κ3) is 9.00. The van der Waals surface area contributed by atoms with Gasteiger partial charge in [-0.05, 0) is 30.2 Å². The van der Waals surface area contributed by atoms with Crippen LogP contribution < -0.4 is 4.31 Å². The smallest absolute Gasteiger partial charge is 0.335 e. The molecular weight excluding hydrogens is 621 g/mol. The van der Waals surface area contributed by atoms with E-state index in [0.29, 0.717) is 16.8 Å². The van der Waals surface area contributed by atoms with Crippen molar-refractivity contribution < 1.29 is 62.5 Å². The molecule has 45 heavy (non-hydrogen) atoms. The van der Waals surface area contributed by atoms with E-state index < -0.39 is 83.5 Å². The highest BCUT2D eigenvalue weighted by Gasteiger charge is 2.48. The Morgan fingerprint density at radius 2 is 1.71 bits per heavy atom. The van der Waals surface area contributed by atoms with E-state index in [-0.39, 0.29) is 17.6 Å². The van der Waals surface area contributed by atoms with Crippen LogP contribution in [0.5, 0.6) is 0 Å². The van der Waals surface area contributed by atoms with Crippen molar-refractivity contribution in [1.82, 2.24) is 9.97 Å². The molecule has 0 amide bonds. The van der Waals surface area contributed by atoms with Crippen molar-refractivity contribution in [2.45, 2.75) is 75.5 Å². The predicted molar refractivity (Wildman–Crippen MR) is 155 cm³/mol. The molecule has 0 aliphatic carbocycles. The average molecular weight is 658 g/mol. The van der Waals surface area contributed by atoms with Gasteiger partial charge in [0.2, 0.25) is 22.3 Å². The lowest BCUT2D eigenvalue weighted by molar-refractivity contribution is -0.286. The molecule has 1 aromatic heterocycles. The molecular formula is C28H36FN3O12S. The van der Waals surface area contributed by atoms with Crippen LogP contribution >= 0.6 is 0 Å². The van der Waals surface area contributed by atoms with Crippen molar-refractivity contribution in [2.75, 3.05) is 17.6 Å². The maximum atomic E-state index is 13.7. The number of sulfonamides is 1. The van der Waals surface area contributed by atoms with E-state index in [2.05, 4.69) is 9.97 Å². The van der Waals surface area contributed by atoms with Gasteiger partial charge in [0, 0.05) is 24.6 Å². The summed E-state index contributed by atoms with van der Waals surface area (Å²) < 4.78 is 48.7. The van der Waals surface area contributed by atoms with Gasteiger partial charge in [0.25, 0.3) is 0 Å². The van der Waals surface area contributed by atoms with E-state index in [4.69, 9.17) is 14.6 Å². The maximum absolute atomic E-state index is 13.7. The number of aliphatic hydroxyl groups excluding tert-OH is 5. The molecule has 2 heterocycles. The highest BCUT2D eigenvalue weighted by molar-refractivity contribution is 7.92. The van der Waals surface area contributed by atoms with Crippen molar-refractivity contribution in [3.63, 3.8) is 0 Å². The minimum atomic E-state index is -3.74. The number of anilines is 1. The van der Waals surface area contributed by atoms with Gasteiger partial charge in [-0.15, -0.1) is 0 Å². The summed E-state index contributed by atoms with van der Waals surface area (Å²) in [5.74, 6) is -3.74. The highest BCUT2D eigenvalue weighted by Crippen LogP contribution is 2.32. The van der Waals surface area contributed by atoms with Crippen molar-refractivity contribution in [3.05, 3.63) is 47.4 Å². The van der Waals surface area contributed by atoms with Crippen molar-refractivity contribution >= 4 is 34.0 Å². The van der Waals surface area contributed by atoms with E-state index in [1.165, 1.54) is 43.5 Å². The summed E-state index contributed by atoms with van der Waals surface area (Å²) in [5, 5.41) is 59.7. The van der Waals surface area contributed by atoms with Gasteiger partial charge >= 0.3 is 11.9 Å². The van der Waals surface area contributed by atoms with Crippen molar-refractivity contribution in [1.29, 1.82) is 0 Å². The zero-order chi connectivity index (χ0) is 33.8. The zero-order valence-corrected chi connectivity index (χ0v) is 25.6. The number of aliphatic carboxylic acids is 1. The number of esters is 1. The highest BCUT2D eigenvalue weighted by atomic mass is 32.2. The number of rotatable bonds is 12. The topological polar surface area (TPSA) is 237 Å². The van der Waals surface area contributed by atoms with Crippen molar-refractivity contribution in [3.8, 4) is 11.3 Å². The van der Waals surface area contributed by atoms with Gasteiger partial charge in [-0.3, -0.25) is 4.79 Å². The molecule has 0 radical (unpaired) electrons. The van der Waals surface area contributed by atoms with Crippen LogP contribution in [0.15, 0.2) is 30.3 Å². The predicted octanol–water partition coefficient (Wildman–Crippen LogP) is -0.247. The number of benzene rings is 1. The van der Waals surface area contributed by atoms with Crippen LogP contribution in [-0.2, 0) is 29.1 Å². The second-order valence-electron chi connectivity index (χ2n) is 10.8. The fourth-order valence-electron chi connectivity index (χ4n) is 4.36. The Labute approximate surface area is 258 Å². The van der Waals surface area contributed by atoms with Crippen LogP contribution in [0.4, 0.5) is 10.3 Å². The number of carboxylic acids is 1. The molecule has 3 rings (SSSR count). The summed E-state index contributed by atoms with van der Waals surface area (Å²) >= 11 is 0. The van der Waals surface area contributed by atoms with Gasteiger partial charge in [0.1, 0.15) is 24.1 Å². The van der Waals surface area contributed by atoms with Gasteiger partial charge in [-0.1, -0.05) is 26.0 Å². The SMILES string of the molecule is CC(C)c1nc(N(C)S(C)(=O)=O)nc(-c2ccc(F)cc2)c1/C=C/[C@@H](O)C[C@@H](O)CC(=O)O[C@@H]1O[C@@H](C(=O)O)[C@@H](O)[C@H](O)[C@@H]1O. The van der Waals surface area contributed by atoms with E-state index in [1.807, 2.05) is 0 Å². The molecule has 248 valence electrons. The number of carbonyl (C=O) groups excluding carboxylic acids is 1. The van der Waals surface area contributed by atoms with Crippen LogP contribution in [0.3, 0.4) is 0 Å². The number of ether oxygens (including phenoxy) is 2. The lowest BCUT2D eigenvalue weighted by Gasteiger charge is -2.38. The Hall–Kier alpha value is -3.58. The number of hydrogen-bond acceptors (Lipinski definition) is 13. The molecule has 0 bridgehead atoms. The molecule has 0 unspecified atom stereocenters. The summed E-state index contributed by atoms with van der Waals surface area (Å²) in [6.45, 7) is 3.60. The summed E-state index contributed by atoms with van der Waals surface area (Å²) in [5.41, 5.74) is 1.45. The number of aromatic nitrogens is 2. The zero-order valence-electron chi connectivity index (χ0n) is 24.8. The number of hydrogen-bond donors (Lipinski definition) is 6. The van der Waals surface area contributed by atoms with Gasteiger partial charge in [0.15, 0.2) is 6.10 Å². The molecule has 7 atom stereocenters. The van der Waals surface area contributed by atoms with E-state index in [1.54, 1.807) is 13.8 Å². The third-order valence-corrected chi connectivity index (χ3v) is 8.03. The molecule has 1 aliphatic heterocycles. The first-order valence-electron chi connectivity index (χ1n) is 13.7. The van der Waals surface area contributed by atoms with Crippen LogP contribution in [0.25, 0.3) is 17.3 Å². The largest absolute Gasteiger partial charge is 0.479 e. The molecule has 15 nitrogen and oxygen atoms in total. The molecule has 1 fully saturated rings. The Morgan fingerprint density at radius 3 is 2.27 bits per heavy atom. The third-order valence-electron chi connectivity index (χ3n) is 6.87. The first-order valence-corrected chi connectivity index (χ1v) is 15.5. The molecule has 0 spiro atoms. The monoisotopic (exact) mass is 657 g/mol. The fraction of sp³-hybridized carbons (Fsp3) is 0.500. The first kappa shape index (κ1) is 35.9. The van der Waals surface area contributed by atoms with E-state index in [9.17, 15) is 47.9 Å². The van der Waals surface area contributed by atoms with Crippen LogP contribution in [-0.4, -0.2) is 117 Å². The summed E-state index contributed by atoms with van der Waals surface area (Å²) in [6, 6.07) is 5.29. The fourth-order valence-corrected chi connectivity index (χ4v) is 4.74. The lowest BCUT2D eigenvalue weighted by atomic mass is 9.97. The normalized spacial score (nSPS) is 23.6. The minimum absolute atomic E-state index is 0.129. The quantitative estimate of drug-likeness (QED) is 0.162. The lowest BCUT2D eigenvalue weighted by Crippen LogP contribution is -2.60. The Kier molecular flexibility index (Phi) is 11.7. The Bertz CT molecular complexity index is 1500. The number of aliphatic hydroxyl groups is 5. The second kappa shape index (κ2) is 14.7. The molecule has 1 aliphatic rings. The number of carboxylic acid groups (broad SMARTS) is 1. The molecule has 1 saturated heterocycles. The Balaban J connectivity index is 1.80. The minimum Gasteiger partial charge on any atom is -0.479 e. The van der Waals surface area contributed by atoms with Gasteiger partial charge in [-0.2, -0.15) is 0 Å². The van der Waals surface area contributed by atoms with E-state index >= 15 is 0 Å². The maximum Gasteiger partial charge on any atom is 0.335 e. The van der Waals surface area contributed by atoms with Gasteiger partial charge in [0.05, 0.1) is 36.3 Å². The van der Waals surface area contributed by atoms with Crippen LogP contribution in [0.2, 0.25) is 0 Å². The van der Waals surface area contributed by atoms with Gasteiger partial charge < -0.3 is 40.1 Å². The van der Waals surface area contributed by atoms with Crippen LogP contribution in [0.1, 0.15) is 43.9 Å². The Morgan fingerprint density at radius 1 is 1.09 bits per heavy atom. The second-order valence-corrected chi connectivity index (χ2v) is 12.8. The summed E-state index contributed by atoms with van der Waals surface area (Å²) in [4.78, 5) is 32.4. The molecule has 6 N–H and O–H groups in total. The molecule has 1 aromatic carbocycles. The standard InChI is InChI=1S/C28H36FN3O12S/c1-13(2)20-18(21(14-5-7-15(29)8-6-14)31-28(30-20)32(3)45(4,41)42)10-9-16(33)11-17(34)12-19(35)43-27-24(38)22(36)23(37)25(44-27)26(39)40/h5-10,13,16-17,22-25,27,33-34,36-38H,11-12H2,1-4H3,(H,39,40)/b10-9+/t16-,17-,22+,23+,24+,25-,27-/m1/s1. The molecule has 0 saturated carbocycles. The van der Waals surface area contributed by atoms with Gasteiger partial charge in [-0.25, -0.2) is 31.9 Å². The molecule has 2 aromatic rings.